The number of sulfonamides is 1. The van der Waals surface area contributed by atoms with Gasteiger partial charge in [0.05, 0.1) is 10.6 Å². The molecule has 24 heavy (non-hydrogen) atoms. The molecule has 0 bridgehead atoms. The lowest BCUT2D eigenvalue weighted by molar-refractivity contribution is -0.122. The van der Waals surface area contributed by atoms with Gasteiger partial charge in [0, 0.05) is 5.69 Å². The number of amides is 1. The summed E-state index contributed by atoms with van der Waals surface area (Å²) in [4.78, 5) is 11.7. The van der Waals surface area contributed by atoms with E-state index in [2.05, 4.69) is 10.0 Å². The van der Waals surface area contributed by atoms with Gasteiger partial charge >= 0.3 is 0 Å². The molecule has 2 N–H and O–H groups in total. The van der Waals surface area contributed by atoms with Crippen molar-refractivity contribution in [3.8, 4) is 5.75 Å². The van der Waals surface area contributed by atoms with Gasteiger partial charge in [-0.2, -0.15) is 0 Å². The molecular weight excluding hydrogens is 328 g/mol. The smallest absolute Gasteiger partial charge is 0.265 e. The molecule has 1 amide bonds. The third-order valence-corrected chi connectivity index (χ3v) is 5.33. The van der Waals surface area contributed by atoms with E-state index in [9.17, 15) is 13.2 Å². The summed E-state index contributed by atoms with van der Waals surface area (Å²) in [7, 11) is -3.76. The van der Waals surface area contributed by atoms with E-state index in [0.29, 0.717) is 17.1 Å². The second-order valence-corrected chi connectivity index (χ2v) is 7.49. The Balaban J connectivity index is 1.91. The highest BCUT2D eigenvalue weighted by atomic mass is 32.2. The lowest BCUT2D eigenvalue weighted by Gasteiger charge is -2.23. The molecule has 0 aromatic heterocycles. The average molecular weight is 346 g/mol. The van der Waals surface area contributed by atoms with Crippen LogP contribution < -0.4 is 14.8 Å². The molecule has 0 aliphatic carbocycles. The van der Waals surface area contributed by atoms with Gasteiger partial charge in [-0.15, -0.1) is 0 Å². The monoisotopic (exact) mass is 346 g/mol. The number of hydrogen-bond acceptors (Lipinski definition) is 4. The molecular formula is C17H18N2O4S. The quantitative estimate of drug-likeness (QED) is 0.895. The summed E-state index contributed by atoms with van der Waals surface area (Å²) in [5.74, 6) is 0.145. The van der Waals surface area contributed by atoms with Crippen molar-refractivity contribution in [3.63, 3.8) is 0 Å². The van der Waals surface area contributed by atoms with E-state index in [0.717, 1.165) is 11.1 Å². The predicted molar refractivity (Wildman–Crippen MR) is 91.9 cm³/mol. The highest BCUT2D eigenvalue weighted by molar-refractivity contribution is 7.92. The molecule has 2 aromatic rings. The molecule has 126 valence electrons. The zero-order valence-electron chi connectivity index (χ0n) is 13.6. The van der Waals surface area contributed by atoms with E-state index in [1.807, 2.05) is 19.9 Å². The third kappa shape index (κ3) is 3.07. The van der Waals surface area contributed by atoms with Crippen LogP contribution in [0.25, 0.3) is 0 Å². The molecule has 0 radical (unpaired) electrons. The van der Waals surface area contributed by atoms with E-state index in [4.69, 9.17) is 4.74 Å². The van der Waals surface area contributed by atoms with Gasteiger partial charge in [0.15, 0.2) is 6.10 Å². The number of benzene rings is 2. The molecule has 1 atom stereocenters. The SMILES string of the molecule is Cc1ccc(NS(=O)(=O)c2ccc3c(c2)NC(=O)C(C)O3)cc1C. The van der Waals surface area contributed by atoms with Crippen LogP contribution in [0.5, 0.6) is 5.75 Å². The Kier molecular flexibility index (Phi) is 3.96. The molecule has 0 fully saturated rings. The predicted octanol–water partition coefficient (Wildman–Crippen LogP) is 2.82. The lowest BCUT2D eigenvalue weighted by atomic mass is 10.1. The van der Waals surface area contributed by atoms with Gasteiger partial charge in [-0.05, 0) is 62.2 Å². The topological polar surface area (TPSA) is 84.5 Å². The van der Waals surface area contributed by atoms with Crippen LogP contribution in [0, 0.1) is 13.8 Å². The summed E-state index contributed by atoms with van der Waals surface area (Å²) in [5.41, 5.74) is 2.92. The minimum atomic E-state index is -3.76. The zero-order valence-corrected chi connectivity index (χ0v) is 14.4. The molecule has 1 heterocycles. The van der Waals surface area contributed by atoms with Gasteiger partial charge in [0.1, 0.15) is 5.75 Å². The number of fused-ring (bicyclic) bond motifs is 1. The maximum Gasteiger partial charge on any atom is 0.265 e. The molecule has 1 aliphatic rings. The molecule has 7 heteroatoms. The van der Waals surface area contributed by atoms with Crippen molar-refractivity contribution in [2.45, 2.75) is 31.8 Å². The van der Waals surface area contributed by atoms with Crippen molar-refractivity contribution in [3.05, 3.63) is 47.5 Å². The van der Waals surface area contributed by atoms with E-state index >= 15 is 0 Å². The van der Waals surface area contributed by atoms with Crippen molar-refractivity contribution in [2.75, 3.05) is 10.0 Å². The number of rotatable bonds is 3. The fourth-order valence-corrected chi connectivity index (χ4v) is 3.45. The van der Waals surface area contributed by atoms with Gasteiger partial charge in [-0.25, -0.2) is 8.42 Å². The van der Waals surface area contributed by atoms with Crippen LogP contribution in [-0.4, -0.2) is 20.4 Å². The summed E-state index contributed by atoms with van der Waals surface area (Å²) in [5, 5.41) is 2.65. The molecule has 2 aromatic carbocycles. The van der Waals surface area contributed by atoms with E-state index in [1.165, 1.54) is 12.1 Å². The van der Waals surface area contributed by atoms with Crippen LogP contribution in [-0.2, 0) is 14.8 Å². The summed E-state index contributed by atoms with van der Waals surface area (Å²) < 4.78 is 33.1. The molecule has 0 spiro atoms. The Hall–Kier alpha value is -2.54. The second-order valence-electron chi connectivity index (χ2n) is 5.81. The fourth-order valence-electron chi connectivity index (χ4n) is 2.37. The number of hydrogen-bond donors (Lipinski definition) is 2. The van der Waals surface area contributed by atoms with Gasteiger partial charge < -0.3 is 10.1 Å². The summed E-state index contributed by atoms with van der Waals surface area (Å²) in [6.45, 7) is 5.51. The first kappa shape index (κ1) is 16.3. The number of carbonyl (C=O) groups excluding carboxylic acids is 1. The summed E-state index contributed by atoms with van der Waals surface area (Å²) in [6.07, 6.45) is -0.603. The molecule has 3 rings (SSSR count). The standard InChI is InChI=1S/C17H18N2O4S/c1-10-4-5-13(8-11(10)2)19-24(21,22)14-6-7-16-15(9-14)18-17(20)12(3)23-16/h4-9,12,19H,1-3H3,(H,18,20). The molecule has 0 saturated heterocycles. The maximum atomic E-state index is 12.6. The zero-order chi connectivity index (χ0) is 17.5. The van der Waals surface area contributed by atoms with Crippen LogP contribution in [0.2, 0.25) is 0 Å². The van der Waals surface area contributed by atoms with Crippen LogP contribution in [0.4, 0.5) is 11.4 Å². The Morgan fingerprint density at radius 1 is 1.08 bits per heavy atom. The first-order chi connectivity index (χ1) is 11.3. The Morgan fingerprint density at radius 2 is 1.83 bits per heavy atom. The highest BCUT2D eigenvalue weighted by Crippen LogP contribution is 2.32. The first-order valence-corrected chi connectivity index (χ1v) is 8.96. The van der Waals surface area contributed by atoms with Crippen molar-refractivity contribution in [2.24, 2.45) is 0 Å². The van der Waals surface area contributed by atoms with Crippen molar-refractivity contribution < 1.29 is 17.9 Å². The number of nitrogens with one attached hydrogen (secondary N) is 2. The van der Waals surface area contributed by atoms with E-state index < -0.39 is 16.1 Å². The molecule has 0 saturated carbocycles. The summed E-state index contributed by atoms with van der Waals surface area (Å²) >= 11 is 0. The van der Waals surface area contributed by atoms with Crippen LogP contribution in [0.3, 0.4) is 0 Å². The van der Waals surface area contributed by atoms with Crippen LogP contribution in [0.1, 0.15) is 18.1 Å². The average Bonchev–Trinajstić information content (AvgIpc) is 2.51. The first-order valence-electron chi connectivity index (χ1n) is 7.48. The van der Waals surface area contributed by atoms with Crippen LogP contribution in [0.15, 0.2) is 41.3 Å². The number of carbonyl (C=O) groups is 1. The largest absolute Gasteiger partial charge is 0.479 e. The molecule has 1 unspecified atom stereocenters. The number of ether oxygens (including phenoxy) is 1. The Labute approximate surface area is 140 Å². The number of aryl methyl sites for hydroxylation is 2. The van der Waals surface area contributed by atoms with E-state index in [1.54, 1.807) is 25.1 Å². The Bertz CT molecular complexity index is 922. The Morgan fingerprint density at radius 3 is 2.54 bits per heavy atom. The van der Waals surface area contributed by atoms with Gasteiger partial charge in [0.25, 0.3) is 15.9 Å². The fraction of sp³-hybridized carbons (Fsp3) is 0.235. The normalized spacial score (nSPS) is 16.8. The van der Waals surface area contributed by atoms with Crippen molar-refractivity contribution in [1.82, 2.24) is 0 Å². The summed E-state index contributed by atoms with van der Waals surface area (Å²) in [6, 6.07) is 9.73. The van der Waals surface area contributed by atoms with Crippen molar-refractivity contribution in [1.29, 1.82) is 0 Å². The van der Waals surface area contributed by atoms with Gasteiger partial charge in [-0.3, -0.25) is 9.52 Å². The second kappa shape index (κ2) is 5.83. The number of anilines is 2. The molecule has 6 nitrogen and oxygen atoms in total. The lowest BCUT2D eigenvalue weighted by Crippen LogP contribution is -2.34. The van der Waals surface area contributed by atoms with E-state index in [-0.39, 0.29) is 10.8 Å². The third-order valence-electron chi connectivity index (χ3n) is 3.95. The van der Waals surface area contributed by atoms with Crippen molar-refractivity contribution >= 4 is 27.3 Å². The maximum absolute atomic E-state index is 12.6. The highest BCUT2D eigenvalue weighted by Gasteiger charge is 2.25. The minimum Gasteiger partial charge on any atom is -0.479 e. The van der Waals surface area contributed by atoms with Crippen LogP contribution >= 0.6 is 0 Å². The van der Waals surface area contributed by atoms with Gasteiger partial charge in [0.2, 0.25) is 0 Å². The van der Waals surface area contributed by atoms with Gasteiger partial charge in [-0.1, -0.05) is 6.07 Å². The minimum absolute atomic E-state index is 0.0536. The molecule has 1 aliphatic heterocycles.